The molecule has 1 N–H and O–H groups in total. The molecule has 0 saturated carbocycles. The van der Waals surface area contributed by atoms with E-state index in [0.717, 1.165) is 38.7 Å². The van der Waals surface area contributed by atoms with Crippen LogP contribution in [0.2, 0.25) is 0 Å². The van der Waals surface area contributed by atoms with E-state index < -0.39 is 17.0 Å². The molecule has 3 atom stereocenters. The van der Waals surface area contributed by atoms with Gasteiger partial charge in [-0.1, -0.05) is 38.7 Å². The van der Waals surface area contributed by atoms with Crippen molar-refractivity contribution in [1.29, 1.82) is 0 Å². The standard InChI is InChI=1S/C26H40O5/c1-20(17-24(28)30-4)13-15-26(29)21(2)18-22(27)19-25(26,3)14-9-6-5-7-11-23-12-8-10-16-31-23/h13,15,17-18,23,29H,5-12,14,16,19H2,1-4H3/b15-13+,20-17-/t23?,25-,26+/m0/s1. The first-order chi connectivity index (χ1) is 14.7. The number of hydrogen-bond donors (Lipinski definition) is 1. The van der Waals surface area contributed by atoms with Crippen LogP contribution < -0.4 is 0 Å². The minimum atomic E-state index is -1.22. The predicted molar refractivity (Wildman–Crippen MR) is 123 cm³/mol. The van der Waals surface area contributed by atoms with E-state index in [0.29, 0.717) is 23.7 Å². The molecule has 0 spiro atoms. The molecule has 1 aliphatic carbocycles. The predicted octanol–water partition coefficient (Wildman–Crippen LogP) is 5.23. The van der Waals surface area contributed by atoms with Crippen LogP contribution in [-0.4, -0.2) is 42.3 Å². The van der Waals surface area contributed by atoms with E-state index in [1.807, 2.05) is 13.8 Å². The van der Waals surface area contributed by atoms with Gasteiger partial charge in [-0.05, 0) is 69.2 Å². The number of rotatable bonds is 10. The maximum Gasteiger partial charge on any atom is 0.330 e. The molecule has 1 aliphatic heterocycles. The Morgan fingerprint density at radius 1 is 1.29 bits per heavy atom. The van der Waals surface area contributed by atoms with Crippen LogP contribution in [0.3, 0.4) is 0 Å². The first kappa shape index (κ1) is 25.5. The molecule has 5 heteroatoms. The second-order valence-corrected chi connectivity index (χ2v) is 9.48. The fraction of sp³-hybridized carbons (Fsp3) is 0.692. The summed E-state index contributed by atoms with van der Waals surface area (Å²) in [4.78, 5) is 23.8. The van der Waals surface area contributed by atoms with Gasteiger partial charge in [0.05, 0.1) is 13.2 Å². The summed E-state index contributed by atoms with van der Waals surface area (Å²) in [6.45, 7) is 6.51. The van der Waals surface area contributed by atoms with Crippen molar-refractivity contribution in [3.63, 3.8) is 0 Å². The maximum atomic E-state index is 12.3. The molecule has 31 heavy (non-hydrogen) atoms. The summed E-state index contributed by atoms with van der Waals surface area (Å²) in [5.74, 6) is -0.365. The number of ether oxygens (including phenoxy) is 2. The van der Waals surface area contributed by atoms with Crippen LogP contribution in [0.5, 0.6) is 0 Å². The molecule has 0 aromatic carbocycles. The van der Waals surface area contributed by atoms with Crippen molar-refractivity contribution in [2.24, 2.45) is 5.41 Å². The second kappa shape index (κ2) is 11.8. The van der Waals surface area contributed by atoms with Gasteiger partial charge in [-0.3, -0.25) is 4.79 Å². The fourth-order valence-electron chi connectivity index (χ4n) is 4.83. The molecule has 5 nitrogen and oxygen atoms in total. The second-order valence-electron chi connectivity index (χ2n) is 9.48. The summed E-state index contributed by atoms with van der Waals surface area (Å²) >= 11 is 0. The Morgan fingerprint density at radius 3 is 2.71 bits per heavy atom. The summed E-state index contributed by atoms with van der Waals surface area (Å²) in [6, 6.07) is 0. The monoisotopic (exact) mass is 432 g/mol. The lowest BCUT2D eigenvalue weighted by molar-refractivity contribution is -0.134. The highest BCUT2D eigenvalue weighted by Gasteiger charge is 2.49. The van der Waals surface area contributed by atoms with Crippen LogP contribution in [0, 0.1) is 5.41 Å². The molecule has 0 aromatic rings. The van der Waals surface area contributed by atoms with Gasteiger partial charge in [0.1, 0.15) is 5.60 Å². The minimum absolute atomic E-state index is 0.0642. The molecule has 174 valence electrons. The molecular weight excluding hydrogens is 392 g/mol. The van der Waals surface area contributed by atoms with Gasteiger partial charge in [0.25, 0.3) is 0 Å². The topological polar surface area (TPSA) is 72.8 Å². The molecular formula is C26H40O5. The summed E-state index contributed by atoms with van der Waals surface area (Å²) in [5.41, 5.74) is -0.445. The Bertz CT molecular complexity index is 713. The zero-order chi connectivity index (χ0) is 22.9. The zero-order valence-corrected chi connectivity index (χ0v) is 19.7. The Balaban J connectivity index is 1.96. The normalized spacial score (nSPS) is 29.8. The molecule has 1 unspecified atom stereocenters. The van der Waals surface area contributed by atoms with E-state index in [-0.39, 0.29) is 5.78 Å². The molecule has 1 saturated heterocycles. The quantitative estimate of drug-likeness (QED) is 0.221. The number of carbonyl (C=O) groups excluding carboxylic acids is 2. The van der Waals surface area contributed by atoms with Gasteiger partial charge in [0.2, 0.25) is 0 Å². The fourth-order valence-corrected chi connectivity index (χ4v) is 4.83. The minimum Gasteiger partial charge on any atom is -0.466 e. The van der Waals surface area contributed by atoms with E-state index >= 15 is 0 Å². The van der Waals surface area contributed by atoms with Crippen molar-refractivity contribution in [2.75, 3.05) is 13.7 Å². The maximum absolute atomic E-state index is 12.3. The number of hydrogen-bond acceptors (Lipinski definition) is 5. The van der Waals surface area contributed by atoms with Crippen LogP contribution in [0.4, 0.5) is 0 Å². The van der Waals surface area contributed by atoms with Gasteiger partial charge in [0, 0.05) is 24.5 Å². The van der Waals surface area contributed by atoms with Crippen molar-refractivity contribution >= 4 is 11.8 Å². The number of methoxy groups -OCH3 is 1. The van der Waals surface area contributed by atoms with Crippen LogP contribution in [0.1, 0.15) is 85.0 Å². The van der Waals surface area contributed by atoms with Gasteiger partial charge >= 0.3 is 5.97 Å². The van der Waals surface area contributed by atoms with Crippen LogP contribution in [0.25, 0.3) is 0 Å². The summed E-state index contributed by atoms with van der Waals surface area (Å²) in [6.07, 6.45) is 17.1. The largest absolute Gasteiger partial charge is 0.466 e. The number of aliphatic hydroxyl groups is 1. The number of carbonyl (C=O) groups is 2. The SMILES string of the molecule is COC(=O)/C=C(C)\C=C\[C@@]1(O)C(C)=CC(=O)C[C@]1(C)CCCCCCC1CCCCO1. The highest BCUT2D eigenvalue weighted by atomic mass is 16.5. The molecule has 2 aliphatic rings. The number of allylic oxidation sites excluding steroid dienone is 3. The van der Waals surface area contributed by atoms with Crippen molar-refractivity contribution < 1.29 is 24.2 Å². The van der Waals surface area contributed by atoms with Crippen molar-refractivity contribution in [1.82, 2.24) is 0 Å². The van der Waals surface area contributed by atoms with Crippen molar-refractivity contribution in [2.45, 2.75) is 96.7 Å². The number of ketones is 1. The van der Waals surface area contributed by atoms with E-state index in [2.05, 4.69) is 4.74 Å². The third kappa shape index (κ3) is 7.15. The lowest BCUT2D eigenvalue weighted by Gasteiger charge is -2.46. The van der Waals surface area contributed by atoms with Crippen molar-refractivity contribution in [3.05, 3.63) is 35.5 Å². The van der Waals surface area contributed by atoms with Crippen molar-refractivity contribution in [3.8, 4) is 0 Å². The lowest BCUT2D eigenvalue weighted by atomic mass is 9.61. The third-order valence-electron chi connectivity index (χ3n) is 6.88. The number of unbranched alkanes of at least 4 members (excludes halogenated alkanes) is 3. The Kier molecular flexibility index (Phi) is 9.70. The first-order valence-electron chi connectivity index (χ1n) is 11.7. The van der Waals surface area contributed by atoms with Gasteiger partial charge in [0.15, 0.2) is 5.78 Å². The lowest BCUT2D eigenvalue weighted by Crippen LogP contribution is -2.49. The van der Waals surface area contributed by atoms with Gasteiger partial charge < -0.3 is 14.6 Å². The Labute approximate surface area is 187 Å². The van der Waals surface area contributed by atoms with E-state index in [4.69, 9.17) is 4.74 Å². The smallest absolute Gasteiger partial charge is 0.330 e. The summed E-state index contributed by atoms with van der Waals surface area (Å²) in [5, 5.41) is 11.6. The Morgan fingerprint density at radius 2 is 2.03 bits per heavy atom. The molecule has 0 aromatic heterocycles. The van der Waals surface area contributed by atoms with E-state index in [9.17, 15) is 14.7 Å². The molecule has 0 amide bonds. The van der Waals surface area contributed by atoms with E-state index in [1.54, 1.807) is 25.2 Å². The van der Waals surface area contributed by atoms with Crippen LogP contribution in [0.15, 0.2) is 35.5 Å². The molecule has 2 rings (SSSR count). The summed E-state index contributed by atoms with van der Waals surface area (Å²) in [7, 11) is 1.34. The average molecular weight is 433 g/mol. The van der Waals surface area contributed by atoms with Crippen LogP contribution >= 0.6 is 0 Å². The Hall–Kier alpha value is -1.72. The average Bonchev–Trinajstić information content (AvgIpc) is 2.73. The molecule has 0 bridgehead atoms. The zero-order valence-electron chi connectivity index (χ0n) is 19.7. The first-order valence-corrected chi connectivity index (χ1v) is 11.7. The van der Waals surface area contributed by atoms with Gasteiger partial charge in [-0.25, -0.2) is 4.79 Å². The molecule has 1 heterocycles. The van der Waals surface area contributed by atoms with Gasteiger partial charge in [-0.2, -0.15) is 0 Å². The summed E-state index contributed by atoms with van der Waals surface area (Å²) < 4.78 is 10.5. The van der Waals surface area contributed by atoms with E-state index in [1.165, 1.54) is 38.9 Å². The van der Waals surface area contributed by atoms with Crippen LogP contribution in [-0.2, 0) is 19.1 Å². The molecule has 1 fully saturated rings. The number of esters is 1. The highest BCUT2D eigenvalue weighted by Crippen LogP contribution is 2.48. The molecule has 0 radical (unpaired) electrons. The third-order valence-corrected chi connectivity index (χ3v) is 6.88. The highest BCUT2D eigenvalue weighted by molar-refractivity contribution is 5.93. The van der Waals surface area contributed by atoms with Gasteiger partial charge in [-0.15, -0.1) is 0 Å².